The van der Waals surface area contributed by atoms with Gasteiger partial charge in [0.25, 0.3) is 5.91 Å². The van der Waals surface area contributed by atoms with Gasteiger partial charge in [0.05, 0.1) is 5.92 Å². The molecule has 19 heavy (non-hydrogen) atoms. The number of hydrogen-bond donors (Lipinski definition) is 0. The molecule has 6 heteroatoms. The lowest BCUT2D eigenvalue weighted by molar-refractivity contribution is -0.196. The van der Waals surface area contributed by atoms with Crippen LogP contribution in [0.2, 0.25) is 0 Å². The maximum atomic E-state index is 12.1. The molecule has 0 N–H and O–H groups in total. The van der Waals surface area contributed by atoms with Gasteiger partial charge in [0.15, 0.2) is 6.10 Å². The van der Waals surface area contributed by atoms with Crippen LogP contribution in [-0.4, -0.2) is 50.9 Å². The predicted molar refractivity (Wildman–Crippen MR) is 77.5 cm³/mol. The minimum Gasteiger partial charge on any atom is -0.284 e. The molecule has 0 aromatic heterocycles. The fraction of sp³-hybridized carbons (Fsp3) is 0.846. The number of imide groups is 1. The zero-order valence-corrected chi connectivity index (χ0v) is 13.4. The van der Waals surface area contributed by atoms with E-state index < -0.39 is 6.10 Å². The van der Waals surface area contributed by atoms with Crippen molar-refractivity contribution < 1.29 is 14.4 Å². The van der Waals surface area contributed by atoms with Crippen molar-refractivity contribution in [2.45, 2.75) is 54.7 Å². The highest BCUT2D eigenvalue weighted by molar-refractivity contribution is 14.1. The van der Waals surface area contributed by atoms with E-state index in [0.717, 1.165) is 6.42 Å². The monoisotopic (exact) mass is 378 g/mol. The Labute approximate surface area is 126 Å². The minimum atomic E-state index is -0.585. The Morgan fingerprint density at radius 3 is 2.53 bits per heavy atom. The number of likely N-dealkylation sites (tertiary alicyclic amines) is 1. The largest absolute Gasteiger partial charge is 0.284 e. The number of amides is 2. The molecule has 5 atom stereocenters. The van der Waals surface area contributed by atoms with Crippen molar-refractivity contribution in [2.24, 2.45) is 5.92 Å². The van der Waals surface area contributed by atoms with Gasteiger partial charge in [-0.2, -0.15) is 5.06 Å². The summed E-state index contributed by atoms with van der Waals surface area (Å²) < 4.78 is 0.538. The van der Waals surface area contributed by atoms with Crippen LogP contribution in [0.4, 0.5) is 0 Å². The first-order valence-corrected chi connectivity index (χ1v) is 8.17. The number of hydroxylamine groups is 2. The summed E-state index contributed by atoms with van der Waals surface area (Å²) >= 11 is 2.48. The third-order valence-electron chi connectivity index (χ3n) is 4.65. The van der Waals surface area contributed by atoms with Gasteiger partial charge in [-0.25, -0.2) is 0 Å². The Balaban J connectivity index is 1.81. The van der Waals surface area contributed by atoms with Crippen LogP contribution in [0.3, 0.4) is 0 Å². The molecule has 2 amide bonds. The van der Waals surface area contributed by atoms with Crippen molar-refractivity contribution >= 4 is 34.4 Å². The fourth-order valence-electron chi connectivity index (χ4n) is 3.49. The lowest BCUT2D eigenvalue weighted by Gasteiger charge is -2.37. The van der Waals surface area contributed by atoms with Gasteiger partial charge in [-0.15, -0.1) is 0 Å². The fourth-order valence-corrected chi connectivity index (χ4v) is 4.61. The third-order valence-corrected chi connectivity index (χ3v) is 6.10. The van der Waals surface area contributed by atoms with Gasteiger partial charge in [0.1, 0.15) is 0 Å². The molecule has 5 nitrogen and oxygen atoms in total. The van der Waals surface area contributed by atoms with E-state index in [-0.39, 0.29) is 23.8 Å². The molecule has 106 valence electrons. The Morgan fingerprint density at radius 2 is 1.89 bits per heavy atom. The second-order valence-electron chi connectivity index (χ2n) is 5.76. The van der Waals surface area contributed by atoms with E-state index >= 15 is 0 Å². The van der Waals surface area contributed by atoms with E-state index in [9.17, 15) is 9.59 Å². The van der Waals surface area contributed by atoms with Crippen LogP contribution in [0.25, 0.3) is 0 Å². The zero-order valence-electron chi connectivity index (χ0n) is 11.2. The maximum absolute atomic E-state index is 12.1. The van der Waals surface area contributed by atoms with E-state index in [1.54, 1.807) is 7.05 Å². The topological polar surface area (TPSA) is 49.9 Å². The minimum absolute atomic E-state index is 0.00762. The van der Waals surface area contributed by atoms with E-state index in [0.29, 0.717) is 9.97 Å². The van der Waals surface area contributed by atoms with Crippen LogP contribution in [0, 0.1) is 5.92 Å². The second kappa shape index (κ2) is 4.96. The first-order chi connectivity index (χ1) is 9.02. The van der Waals surface area contributed by atoms with Crippen LogP contribution in [0.15, 0.2) is 0 Å². The molecular formula is C13H19IN2O3. The first kappa shape index (κ1) is 13.8. The van der Waals surface area contributed by atoms with Crippen LogP contribution >= 0.6 is 22.6 Å². The summed E-state index contributed by atoms with van der Waals surface area (Å²) in [6, 6.07) is 0.327. The van der Waals surface area contributed by atoms with Crippen LogP contribution in [0.5, 0.6) is 0 Å². The zero-order chi connectivity index (χ0) is 13.7. The Hall–Kier alpha value is -0.210. The number of halogens is 1. The average molecular weight is 378 g/mol. The number of nitrogens with zero attached hydrogens (tertiary/aromatic N) is 2. The molecule has 2 aliphatic heterocycles. The molecule has 1 aliphatic carbocycles. The van der Waals surface area contributed by atoms with Crippen molar-refractivity contribution in [3.8, 4) is 0 Å². The summed E-state index contributed by atoms with van der Waals surface area (Å²) in [7, 11) is 1.55. The van der Waals surface area contributed by atoms with Crippen molar-refractivity contribution in [1.29, 1.82) is 0 Å². The Kier molecular flexibility index (Phi) is 3.59. The molecule has 3 aliphatic rings. The van der Waals surface area contributed by atoms with Crippen molar-refractivity contribution in [1.82, 2.24) is 9.96 Å². The second-order valence-corrected chi connectivity index (χ2v) is 7.36. The standard InChI is InChI=1S/C13H19IN2O3/c1-7-10-11(13(18)15(2)12(10)17)19-16(7)9-6-4-3-5-8(9)14/h7-11H,3-6H2,1-2H3/t7-,8+,9+,10-,11+/m0/s1. The highest BCUT2D eigenvalue weighted by Crippen LogP contribution is 2.40. The van der Waals surface area contributed by atoms with Crippen LogP contribution in [0.1, 0.15) is 32.6 Å². The van der Waals surface area contributed by atoms with Gasteiger partial charge in [-0.3, -0.25) is 19.3 Å². The molecule has 2 saturated heterocycles. The molecule has 2 heterocycles. The first-order valence-electron chi connectivity index (χ1n) is 6.93. The predicted octanol–water partition coefficient (Wildman–Crippen LogP) is 1.35. The van der Waals surface area contributed by atoms with E-state index in [2.05, 4.69) is 22.6 Å². The highest BCUT2D eigenvalue weighted by Gasteiger charge is 2.58. The van der Waals surface area contributed by atoms with E-state index in [4.69, 9.17) is 4.84 Å². The van der Waals surface area contributed by atoms with Gasteiger partial charge < -0.3 is 0 Å². The molecule has 0 aromatic rings. The van der Waals surface area contributed by atoms with Crippen LogP contribution < -0.4 is 0 Å². The molecule has 3 fully saturated rings. The van der Waals surface area contributed by atoms with Gasteiger partial charge >= 0.3 is 0 Å². The maximum Gasteiger partial charge on any atom is 0.261 e. The van der Waals surface area contributed by atoms with Gasteiger partial charge in [-0.1, -0.05) is 35.4 Å². The summed E-state index contributed by atoms with van der Waals surface area (Å²) in [6.07, 6.45) is 4.16. The Morgan fingerprint density at radius 1 is 1.21 bits per heavy atom. The number of carbonyl (C=O) groups is 2. The van der Waals surface area contributed by atoms with Crippen molar-refractivity contribution in [3.05, 3.63) is 0 Å². The number of hydrogen-bond acceptors (Lipinski definition) is 4. The normalized spacial score (nSPS) is 43.9. The van der Waals surface area contributed by atoms with Crippen LogP contribution in [-0.2, 0) is 14.4 Å². The molecule has 0 aromatic carbocycles. The SMILES string of the molecule is C[C@H]1[C@@H]2C(=O)N(C)C(=O)[C@@H]2ON1[C@@H]1CCCC[C@H]1I. The molecule has 0 unspecified atom stereocenters. The number of alkyl halides is 1. The summed E-state index contributed by atoms with van der Waals surface area (Å²) in [6.45, 7) is 2.01. The van der Waals surface area contributed by atoms with E-state index in [1.807, 2.05) is 12.0 Å². The van der Waals surface area contributed by atoms with Crippen molar-refractivity contribution in [2.75, 3.05) is 7.05 Å². The molecule has 0 spiro atoms. The smallest absolute Gasteiger partial charge is 0.261 e. The summed E-state index contributed by atoms with van der Waals surface area (Å²) in [4.78, 5) is 31.2. The number of carbonyl (C=O) groups excluding carboxylic acids is 2. The number of fused-ring (bicyclic) bond motifs is 1. The molecule has 0 radical (unpaired) electrons. The highest BCUT2D eigenvalue weighted by atomic mass is 127. The lowest BCUT2D eigenvalue weighted by atomic mass is 9.92. The van der Waals surface area contributed by atoms with Gasteiger partial charge in [0, 0.05) is 23.1 Å². The molecule has 3 rings (SSSR count). The average Bonchev–Trinajstić information content (AvgIpc) is 2.83. The Bertz CT molecular complexity index is 417. The summed E-state index contributed by atoms with van der Waals surface area (Å²) in [5.74, 6) is -0.598. The van der Waals surface area contributed by atoms with Gasteiger partial charge in [-0.05, 0) is 19.8 Å². The van der Waals surface area contributed by atoms with Gasteiger partial charge in [0.2, 0.25) is 5.91 Å². The quantitative estimate of drug-likeness (QED) is 0.393. The molecule has 0 bridgehead atoms. The van der Waals surface area contributed by atoms with E-state index in [1.165, 1.54) is 24.2 Å². The number of rotatable bonds is 1. The lowest BCUT2D eigenvalue weighted by Crippen LogP contribution is -2.47. The number of likely N-dealkylation sites (N-methyl/N-ethyl adjacent to an activating group) is 1. The van der Waals surface area contributed by atoms with Crippen molar-refractivity contribution in [3.63, 3.8) is 0 Å². The summed E-state index contributed by atoms with van der Waals surface area (Å²) in [5.41, 5.74) is 0. The summed E-state index contributed by atoms with van der Waals surface area (Å²) in [5, 5.41) is 1.95. The molecule has 1 saturated carbocycles. The molecular weight excluding hydrogens is 359 g/mol. The third kappa shape index (κ3) is 2.03.